The van der Waals surface area contributed by atoms with Gasteiger partial charge in [0.1, 0.15) is 0 Å². The van der Waals surface area contributed by atoms with Crippen LogP contribution in [-0.4, -0.2) is 20.7 Å². The number of anilines is 2. The smallest absolute Gasteiger partial charge is 0.328 e. The molecule has 0 aliphatic carbocycles. The molecule has 162 valence electrons. The summed E-state index contributed by atoms with van der Waals surface area (Å²) in [7, 11) is 0. The summed E-state index contributed by atoms with van der Waals surface area (Å²) in [5.41, 5.74) is 4.34. The van der Waals surface area contributed by atoms with Gasteiger partial charge in [0.05, 0.1) is 26.9 Å². The quantitative estimate of drug-likeness (QED) is 0.248. The highest BCUT2D eigenvalue weighted by molar-refractivity contribution is 6.01. The van der Waals surface area contributed by atoms with Crippen molar-refractivity contribution in [3.05, 3.63) is 103 Å². The van der Waals surface area contributed by atoms with E-state index in [2.05, 4.69) is 5.16 Å². The number of nitro groups is 3. The van der Waals surface area contributed by atoms with Gasteiger partial charge in [-0.1, -0.05) is 36.4 Å². The van der Waals surface area contributed by atoms with Crippen LogP contribution in [0.15, 0.2) is 78.0 Å². The van der Waals surface area contributed by atoms with Crippen LogP contribution in [0.1, 0.15) is 0 Å². The zero-order chi connectivity index (χ0) is 23.3. The molecule has 0 aromatic heterocycles. The highest BCUT2D eigenvalue weighted by Crippen LogP contribution is 2.40. The summed E-state index contributed by atoms with van der Waals surface area (Å²) in [6.07, 6.45) is 0. The fourth-order valence-electron chi connectivity index (χ4n) is 2.76. The first-order chi connectivity index (χ1) is 15.3. The van der Waals surface area contributed by atoms with E-state index in [1.165, 1.54) is 4.90 Å². The van der Waals surface area contributed by atoms with Gasteiger partial charge in [-0.2, -0.15) is 0 Å². The second-order valence-electron chi connectivity index (χ2n) is 6.13. The molecule has 0 amide bonds. The largest absolute Gasteiger partial charge is 0.366 e. The van der Waals surface area contributed by atoms with E-state index in [0.29, 0.717) is 23.5 Å². The van der Waals surface area contributed by atoms with Crippen molar-refractivity contribution in [3.8, 4) is 5.75 Å². The standard InChI is InChI=1S/C19H14N6O7/c20-19(22(13-7-3-1-4-8-13)14-9-5-2-6-10-14)21-32-18-16(24(28)29)11-15(23(26)27)12-17(18)25(30)31/h1-12H,(H2,20,21). The van der Waals surface area contributed by atoms with Crippen molar-refractivity contribution in [1.82, 2.24) is 0 Å². The highest BCUT2D eigenvalue weighted by Gasteiger charge is 2.33. The van der Waals surface area contributed by atoms with Gasteiger partial charge in [-0.3, -0.25) is 35.2 Å². The Labute approximate surface area is 179 Å². The third-order valence-corrected chi connectivity index (χ3v) is 4.13. The number of nitrogens with zero attached hydrogens (tertiary/aromatic N) is 5. The molecule has 13 nitrogen and oxygen atoms in total. The van der Waals surface area contributed by atoms with Crippen LogP contribution in [0.2, 0.25) is 0 Å². The second-order valence-corrected chi connectivity index (χ2v) is 6.13. The predicted molar refractivity (Wildman–Crippen MR) is 114 cm³/mol. The maximum Gasteiger partial charge on any atom is 0.328 e. The van der Waals surface area contributed by atoms with E-state index in [4.69, 9.17) is 10.6 Å². The summed E-state index contributed by atoms with van der Waals surface area (Å²) in [5, 5.41) is 37.4. The molecule has 0 bridgehead atoms. The average molecular weight is 438 g/mol. The summed E-state index contributed by atoms with van der Waals surface area (Å²) >= 11 is 0. The zero-order valence-electron chi connectivity index (χ0n) is 16.1. The Kier molecular flexibility index (Phi) is 6.20. The Hall–Kier alpha value is -5.07. The summed E-state index contributed by atoms with van der Waals surface area (Å²) in [6.45, 7) is 0. The molecule has 0 saturated carbocycles. The van der Waals surface area contributed by atoms with Crippen molar-refractivity contribution < 1.29 is 19.6 Å². The van der Waals surface area contributed by atoms with Gasteiger partial charge >= 0.3 is 17.1 Å². The first kappa shape index (κ1) is 21.6. The molecular weight excluding hydrogens is 424 g/mol. The topological polar surface area (TPSA) is 180 Å². The molecule has 13 heteroatoms. The fraction of sp³-hybridized carbons (Fsp3) is 0. The van der Waals surface area contributed by atoms with Gasteiger partial charge in [0.25, 0.3) is 5.69 Å². The molecule has 3 rings (SSSR count). The molecule has 0 aliphatic heterocycles. The number of rotatable bonds is 7. The lowest BCUT2D eigenvalue weighted by atomic mass is 10.2. The van der Waals surface area contributed by atoms with E-state index in [9.17, 15) is 30.3 Å². The number of nitro benzene ring substituents is 3. The summed E-state index contributed by atoms with van der Waals surface area (Å²) < 4.78 is 0. The molecule has 0 radical (unpaired) electrons. The molecule has 0 saturated heterocycles. The minimum absolute atomic E-state index is 0.302. The molecule has 0 atom stereocenters. The van der Waals surface area contributed by atoms with Crippen molar-refractivity contribution in [2.75, 3.05) is 4.90 Å². The molecule has 32 heavy (non-hydrogen) atoms. The molecule has 3 aromatic rings. The lowest BCUT2D eigenvalue weighted by Crippen LogP contribution is -2.34. The minimum Gasteiger partial charge on any atom is -0.366 e. The maximum absolute atomic E-state index is 11.4. The van der Waals surface area contributed by atoms with Crippen molar-refractivity contribution in [2.45, 2.75) is 0 Å². The SMILES string of the molecule is N/C(=N/Oc1c([N+](=O)[O-])cc([N+](=O)[O-])cc1[N+](=O)[O-])N(c1ccccc1)c1ccccc1. The molecular formula is C19H14N6O7. The summed E-state index contributed by atoms with van der Waals surface area (Å²) in [4.78, 5) is 37.1. The van der Waals surface area contributed by atoms with E-state index >= 15 is 0 Å². The lowest BCUT2D eigenvalue weighted by Gasteiger charge is -2.23. The summed E-state index contributed by atoms with van der Waals surface area (Å²) in [5.74, 6) is -1.20. The molecule has 3 aromatic carbocycles. The van der Waals surface area contributed by atoms with Crippen LogP contribution in [0.25, 0.3) is 0 Å². The third-order valence-electron chi connectivity index (χ3n) is 4.13. The highest BCUT2D eigenvalue weighted by atomic mass is 16.7. The van der Waals surface area contributed by atoms with Crippen LogP contribution < -0.4 is 15.5 Å². The van der Waals surface area contributed by atoms with E-state index in [0.717, 1.165) is 0 Å². The van der Waals surface area contributed by atoms with Gasteiger partial charge < -0.3 is 10.6 Å². The Bertz CT molecular complexity index is 1130. The zero-order valence-corrected chi connectivity index (χ0v) is 16.1. The fourth-order valence-corrected chi connectivity index (χ4v) is 2.76. The van der Waals surface area contributed by atoms with Gasteiger partial charge in [-0.25, -0.2) is 0 Å². The number of benzene rings is 3. The Morgan fingerprint density at radius 2 is 1.22 bits per heavy atom. The number of para-hydroxylation sites is 2. The second kappa shape index (κ2) is 9.17. The molecule has 2 N–H and O–H groups in total. The number of nitrogens with two attached hydrogens (primary N) is 1. The van der Waals surface area contributed by atoms with Crippen molar-refractivity contribution >= 4 is 34.4 Å². The normalized spacial score (nSPS) is 10.9. The van der Waals surface area contributed by atoms with Crippen molar-refractivity contribution in [1.29, 1.82) is 0 Å². The monoisotopic (exact) mass is 438 g/mol. The molecule has 0 unspecified atom stereocenters. The average Bonchev–Trinajstić information content (AvgIpc) is 2.78. The van der Waals surface area contributed by atoms with Crippen LogP contribution in [0.4, 0.5) is 28.4 Å². The molecule has 0 aliphatic rings. The number of hydrogen-bond acceptors (Lipinski definition) is 8. The van der Waals surface area contributed by atoms with Crippen LogP contribution in [0, 0.1) is 30.3 Å². The minimum atomic E-state index is -1.05. The Balaban J connectivity index is 2.09. The van der Waals surface area contributed by atoms with E-state index in [-0.39, 0.29) is 5.96 Å². The van der Waals surface area contributed by atoms with Crippen LogP contribution in [-0.2, 0) is 0 Å². The first-order valence-electron chi connectivity index (χ1n) is 8.81. The van der Waals surface area contributed by atoms with E-state index in [1.807, 2.05) is 0 Å². The molecule has 0 fully saturated rings. The van der Waals surface area contributed by atoms with Gasteiger partial charge in [0, 0.05) is 11.4 Å². The van der Waals surface area contributed by atoms with E-state index < -0.39 is 37.6 Å². The van der Waals surface area contributed by atoms with Gasteiger partial charge in [-0.05, 0) is 29.4 Å². The van der Waals surface area contributed by atoms with Gasteiger partial charge in [-0.15, -0.1) is 0 Å². The number of guanidine groups is 1. The van der Waals surface area contributed by atoms with Gasteiger partial charge in [0.2, 0.25) is 5.96 Å². The predicted octanol–water partition coefficient (Wildman–Crippen LogP) is 3.86. The number of non-ortho nitro benzene ring substituents is 1. The van der Waals surface area contributed by atoms with Crippen molar-refractivity contribution in [2.24, 2.45) is 10.9 Å². The summed E-state index contributed by atoms with van der Waals surface area (Å²) in [6, 6.07) is 18.5. The van der Waals surface area contributed by atoms with Crippen LogP contribution in [0.5, 0.6) is 5.75 Å². The Morgan fingerprint density at radius 1 is 0.781 bits per heavy atom. The van der Waals surface area contributed by atoms with Crippen molar-refractivity contribution in [3.63, 3.8) is 0 Å². The van der Waals surface area contributed by atoms with Crippen LogP contribution >= 0.6 is 0 Å². The van der Waals surface area contributed by atoms with E-state index in [1.54, 1.807) is 60.7 Å². The first-order valence-corrected chi connectivity index (χ1v) is 8.81. The van der Waals surface area contributed by atoms with Gasteiger partial charge in [0.15, 0.2) is 0 Å². The number of oxime groups is 1. The van der Waals surface area contributed by atoms with Crippen LogP contribution in [0.3, 0.4) is 0 Å². The Morgan fingerprint density at radius 3 is 1.59 bits per heavy atom. The third kappa shape index (κ3) is 4.56. The lowest BCUT2D eigenvalue weighted by molar-refractivity contribution is -0.404. The maximum atomic E-state index is 11.4. The molecule has 0 heterocycles. The number of hydrogen-bond donors (Lipinski definition) is 1. The molecule has 0 spiro atoms.